The van der Waals surface area contributed by atoms with Gasteiger partial charge in [-0.15, -0.1) is 11.6 Å². The highest BCUT2D eigenvalue weighted by molar-refractivity contribution is 6.18. The van der Waals surface area contributed by atoms with E-state index in [1.165, 1.54) is 12.3 Å². The van der Waals surface area contributed by atoms with E-state index < -0.39 is 5.97 Å². The number of anilines is 1. The number of hydrogen-bond acceptors (Lipinski definition) is 3. The van der Waals surface area contributed by atoms with Crippen molar-refractivity contribution in [1.29, 1.82) is 0 Å². The van der Waals surface area contributed by atoms with Crippen LogP contribution in [0.2, 0.25) is 0 Å². The van der Waals surface area contributed by atoms with Gasteiger partial charge in [-0.05, 0) is 12.1 Å². The molecule has 0 aliphatic heterocycles. The minimum absolute atomic E-state index is 0.123. The van der Waals surface area contributed by atoms with Crippen LogP contribution in [0.3, 0.4) is 0 Å². The summed E-state index contributed by atoms with van der Waals surface area (Å²) in [7, 11) is 0. The van der Waals surface area contributed by atoms with E-state index in [9.17, 15) is 4.79 Å². The average molecular weight is 187 g/mol. The molecule has 0 radical (unpaired) electrons. The molecule has 12 heavy (non-hydrogen) atoms. The highest BCUT2D eigenvalue weighted by Gasteiger charge is 2.08. The third-order valence-electron chi connectivity index (χ3n) is 1.27. The summed E-state index contributed by atoms with van der Waals surface area (Å²) in [6, 6.07) is 3.16. The third-order valence-corrected chi connectivity index (χ3v) is 1.41. The minimum Gasteiger partial charge on any atom is -0.478 e. The molecule has 5 heteroatoms. The summed E-state index contributed by atoms with van der Waals surface area (Å²) < 4.78 is 0. The number of nitrogens with zero attached hydrogens (tertiary/aromatic N) is 1. The van der Waals surface area contributed by atoms with E-state index in [0.717, 1.165) is 0 Å². The highest BCUT2D eigenvalue weighted by atomic mass is 35.5. The molecule has 0 aromatic carbocycles. The van der Waals surface area contributed by atoms with Gasteiger partial charge >= 0.3 is 5.97 Å². The van der Waals surface area contributed by atoms with Gasteiger partial charge in [0, 0.05) is 6.20 Å². The average Bonchev–Trinajstić information content (AvgIpc) is 2.05. The van der Waals surface area contributed by atoms with Crippen LogP contribution < -0.4 is 5.32 Å². The van der Waals surface area contributed by atoms with E-state index in [0.29, 0.717) is 5.82 Å². The van der Waals surface area contributed by atoms with Gasteiger partial charge in [-0.25, -0.2) is 9.78 Å². The summed E-state index contributed by atoms with van der Waals surface area (Å²) in [5.41, 5.74) is 0.123. The number of carboxylic acid groups (broad SMARTS) is 1. The third kappa shape index (κ3) is 1.85. The molecule has 1 aromatic rings. The standard InChI is InChI=1S/C7H7ClN2O2/c8-4-10-6-5(7(11)12)2-1-3-9-6/h1-3H,4H2,(H,9,10)(H,11,12). The van der Waals surface area contributed by atoms with Crippen molar-refractivity contribution in [2.75, 3.05) is 11.3 Å². The molecule has 0 aliphatic carbocycles. The van der Waals surface area contributed by atoms with Crippen LogP contribution in [-0.4, -0.2) is 22.1 Å². The van der Waals surface area contributed by atoms with Gasteiger partial charge in [-0.2, -0.15) is 0 Å². The lowest BCUT2D eigenvalue weighted by Crippen LogP contribution is -2.06. The normalized spacial score (nSPS) is 9.42. The molecule has 2 N–H and O–H groups in total. The summed E-state index contributed by atoms with van der Waals surface area (Å²) in [4.78, 5) is 14.4. The van der Waals surface area contributed by atoms with E-state index >= 15 is 0 Å². The van der Waals surface area contributed by atoms with Gasteiger partial charge in [0.05, 0.1) is 6.00 Å². The summed E-state index contributed by atoms with van der Waals surface area (Å²) in [5, 5.41) is 11.3. The number of nitrogens with one attached hydrogen (secondary N) is 1. The first-order valence-electron chi connectivity index (χ1n) is 3.24. The first-order chi connectivity index (χ1) is 5.75. The number of pyridine rings is 1. The predicted octanol–water partition coefficient (Wildman–Crippen LogP) is 1.39. The van der Waals surface area contributed by atoms with Crippen molar-refractivity contribution in [2.24, 2.45) is 0 Å². The van der Waals surface area contributed by atoms with E-state index in [-0.39, 0.29) is 11.6 Å². The lowest BCUT2D eigenvalue weighted by Gasteiger charge is -2.03. The first-order valence-corrected chi connectivity index (χ1v) is 3.77. The van der Waals surface area contributed by atoms with Gasteiger partial charge < -0.3 is 10.4 Å². The molecule has 1 aromatic heterocycles. The van der Waals surface area contributed by atoms with E-state index in [2.05, 4.69) is 10.3 Å². The van der Waals surface area contributed by atoms with Gasteiger partial charge in [0.2, 0.25) is 0 Å². The van der Waals surface area contributed by atoms with Crippen molar-refractivity contribution in [2.45, 2.75) is 0 Å². The summed E-state index contributed by atoms with van der Waals surface area (Å²) >= 11 is 5.37. The number of hydrogen-bond donors (Lipinski definition) is 2. The summed E-state index contributed by atoms with van der Waals surface area (Å²) in [5.74, 6) is -0.726. The molecule has 0 fully saturated rings. The maximum absolute atomic E-state index is 10.6. The topological polar surface area (TPSA) is 62.2 Å². The molecule has 0 spiro atoms. The first kappa shape index (κ1) is 8.80. The monoisotopic (exact) mass is 186 g/mol. The Labute approximate surface area is 74.2 Å². The molecule has 64 valence electrons. The van der Waals surface area contributed by atoms with Crippen molar-refractivity contribution < 1.29 is 9.90 Å². The molecular weight excluding hydrogens is 180 g/mol. The van der Waals surface area contributed by atoms with Gasteiger partial charge in [-0.3, -0.25) is 0 Å². The fourth-order valence-corrected chi connectivity index (χ4v) is 0.909. The Morgan fingerprint density at radius 2 is 2.50 bits per heavy atom. The number of carboxylic acids is 1. The van der Waals surface area contributed by atoms with E-state index in [4.69, 9.17) is 16.7 Å². The Kier molecular flexibility index (Phi) is 2.88. The smallest absolute Gasteiger partial charge is 0.339 e. The van der Waals surface area contributed by atoms with Gasteiger partial charge in [0.1, 0.15) is 11.4 Å². The second-order valence-electron chi connectivity index (χ2n) is 2.02. The zero-order chi connectivity index (χ0) is 8.97. The zero-order valence-electron chi connectivity index (χ0n) is 6.12. The van der Waals surface area contributed by atoms with Crippen molar-refractivity contribution in [1.82, 2.24) is 4.98 Å². The molecule has 0 unspecified atom stereocenters. The Hall–Kier alpha value is -1.29. The summed E-state index contributed by atoms with van der Waals surface area (Å²) in [6.45, 7) is 0. The number of carbonyl (C=O) groups is 1. The lowest BCUT2D eigenvalue weighted by molar-refractivity contribution is 0.0697. The molecule has 0 saturated heterocycles. The van der Waals surface area contributed by atoms with Crippen LogP contribution >= 0.6 is 11.6 Å². The predicted molar refractivity (Wildman–Crippen MR) is 45.5 cm³/mol. The van der Waals surface area contributed by atoms with E-state index in [1.54, 1.807) is 6.07 Å². The van der Waals surface area contributed by atoms with Crippen molar-refractivity contribution >= 4 is 23.4 Å². The van der Waals surface area contributed by atoms with Crippen molar-refractivity contribution in [3.63, 3.8) is 0 Å². The Morgan fingerprint density at radius 3 is 3.08 bits per heavy atom. The fraction of sp³-hybridized carbons (Fsp3) is 0.143. The van der Waals surface area contributed by atoms with Gasteiger partial charge in [0.25, 0.3) is 0 Å². The molecule has 0 saturated carbocycles. The number of aromatic carboxylic acids is 1. The molecule has 4 nitrogen and oxygen atoms in total. The van der Waals surface area contributed by atoms with Crippen LogP contribution in [0.5, 0.6) is 0 Å². The van der Waals surface area contributed by atoms with E-state index in [1.807, 2.05) is 0 Å². The molecule has 1 rings (SSSR count). The molecule has 0 bridgehead atoms. The maximum Gasteiger partial charge on any atom is 0.339 e. The molecule has 1 heterocycles. The molecule has 0 atom stereocenters. The molecule has 0 amide bonds. The van der Waals surface area contributed by atoms with Crippen LogP contribution in [0.4, 0.5) is 5.82 Å². The van der Waals surface area contributed by atoms with Crippen LogP contribution in [0.15, 0.2) is 18.3 Å². The van der Waals surface area contributed by atoms with Crippen LogP contribution in [-0.2, 0) is 0 Å². The zero-order valence-corrected chi connectivity index (χ0v) is 6.88. The van der Waals surface area contributed by atoms with Crippen LogP contribution in [0.25, 0.3) is 0 Å². The highest BCUT2D eigenvalue weighted by Crippen LogP contribution is 2.10. The minimum atomic E-state index is -1.02. The Morgan fingerprint density at radius 1 is 1.75 bits per heavy atom. The fourth-order valence-electron chi connectivity index (χ4n) is 0.782. The number of rotatable bonds is 3. The Balaban J connectivity index is 3.00. The Bertz CT molecular complexity index is 290. The second kappa shape index (κ2) is 3.92. The van der Waals surface area contributed by atoms with Gasteiger partial charge in [-0.1, -0.05) is 0 Å². The molecule has 0 aliphatic rings. The van der Waals surface area contributed by atoms with Crippen LogP contribution in [0.1, 0.15) is 10.4 Å². The van der Waals surface area contributed by atoms with Crippen molar-refractivity contribution in [3.05, 3.63) is 23.9 Å². The largest absolute Gasteiger partial charge is 0.478 e. The lowest BCUT2D eigenvalue weighted by atomic mass is 10.2. The molecular formula is C7H7ClN2O2. The van der Waals surface area contributed by atoms with Crippen molar-refractivity contribution in [3.8, 4) is 0 Å². The van der Waals surface area contributed by atoms with Gasteiger partial charge in [0.15, 0.2) is 0 Å². The number of alkyl halides is 1. The number of aromatic nitrogens is 1. The second-order valence-corrected chi connectivity index (χ2v) is 2.28. The SMILES string of the molecule is O=C(O)c1cccnc1NCCl. The van der Waals surface area contributed by atoms with Crippen LogP contribution in [0, 0.1) is 0 Å². The maximum atomic E-state index is 10.6. The number of halogens is 1. The quantitative estimate of drug-likeness (QED) is 0.553. The summed E-state index contributed by atoms with van der Waals surface area (Å²) in [6.07, 6.45) is 1.50.